The summed E-state index contributed by atoms with van der Waals surface area (Å²) in [5.41, 5.74) is 9.41. The molecule has 2 rings (SSSR count). The largest absolute Gasteiger partial charge is 0.389 e. The molecule has 0 bridgehead atoms. The van der Waals surface area contributed by atoms with Crippen molar-refractivity contribution in [3.63, 3.8) is 0 Å². The SMILES string of the molecule is Cc1ccc(Nc2cnccc2C(N)=S)cc1Br. The Morgan fingerprint density at radius 1 is 1.39 bits per heavy atom. The van der Waals surface area contributed by atoms with E-state index in [0.29, 0.717) is 4.99 Å². The van der Waals surface area contributed by atoms with E-state index in [1.165, 1.54) is 5.56 Å². The van der Waals surface area contributed by atoms with Gasteiger partial charge >= 0.3 is 0 Å². The summed E-state index contributed by atoms with van der Waals surface area (Å²) in [6.07, 6.45) is 3.38. The predicted octanol–water partition coefficient (Wildman–Crippen LogP) is 3.53. The maximum Gasteiger partial charge on any atom is 0.106 e. The van der Waals surface area contributed by atoms with Gasteiger partial charge in [-0.2, -0.15) is 0 Å². The minimum Gasteiger partial charge on any atom is -0.389 e. The van der Waals surface area contributed by atoms with Gasteiger partial charge in [0.1, 0.15) is 4.99 Å². The van der Waals surface area contributed by atoms with Crippen LogP contribution < -0.4 is 11.1 Å². The van der Waals surface area contributed by atoms with Gasteiger partial charge in [-0.1, -0.05) is 34.2 Å². The van der Waals surface area contributed by atoms with Gasteiger partial charge in [0.25, 0.3) is 0 Å². The third-order valence-corrected chi connectivity index (χ3v) is 3.61. The molecule has 0 fully saturated rings. The Hall–Kier alpha value is -1.46. The Labute approximate surface area is 120 Å². The van der Waals surface area contributed by atoms with Crippen molar-refractivity contribution >= 4 is 44.5 Å². The fourth-order valence-corrected chi connectivity index (χ4v) is 2.09. The second-order valence-electron chi connectivity index (χ2n) is 3.87. The second kappa shape index (κ2) is 5.46. The third-order valence-electron chi connectivity index (χ3n) is 2.54. The van der Waals surface area contributed by atoms with E-state index in [1.54, 1.807) is 18.5 Å². The third kappa shape index (κ3) is 2.86. The van der Waals surface area contributed by atoms with Crippen molar-refractivity contribution in [1.29, 1.82) is 0 Å². The maximum atomic E-state index is 5.68. The number of nitrogens with two attached hydrogens (primary N) is 1. The Morgan fingerprint density at radius 3 is 2.83 bits per heavy atom. The van der Waals surface area contributed by atoms with Crippen molar-refractivity contribution in [3.8, 4) is 0 Å². The topological polar surface area (TPSA) is 50.9 Å². The number of halogens is 1. The lowest BCUT2D eigenvalue weighted by atomic mass is 10.2. The number of benzene rings is 1. The van der Waals surface area contributed by atoms with Crippen LogP contribution >= 0.6 is 28.1 Å². The summed E-state index contributed by atoms with van der Waals surface area (Å²) >= 11 is 8.51. The molecule has 0 atom stereocenters. The first-order valence-electron chi connectivity index (χ1n) is 5.35. The Morgan fingerprint density at radius 2 is 2.17 bits per heavy atom. The highest BCUT2D eigenvalue weighted by Crippen LogP contribution is 2.24. The van der Waals surface area contributed by atoms with Crippen LogP contribution in [0.25, 0.3) is 0 Å². The lowest BCUT2D eigenvalue weighted by Crippen LogP contribution is -2.12. The molecule has 1 heterocycles. The number of pyridine rings is 1. The van der Waals surface area contributed by atoms with Gasteiger partial charge in [0.05, 0.1) is 11.9 Å². The van der Waals surface area contributed by atoms with Crippen LogP contribution in [-0.2, 0) is 0 Å². The number of aromatic nitrogens is 1. The Balaban J connectivity index is 2.34. The van der Waals surface area contributed by atoms with Crippen LogP contribution in [0.2, 0.25) is 0 Å². The first kappa shape index (κ1) is 13.0. The zero-order valence-corrected chi connectivity index (χ0v) is 12.2. The van der Waals surface area contributed by atoms with E-state index in [4.69, 9.17) is 18.0 Å². The lowest BCUT2D eigenvalue weighted by Gasteiger charge is -2.11. The summed E-state index contributed by atoms with van der Waals surface area (Å²) in [5.74, 6) is 0. The zero-order valence-electron chi connectivity index (χ0n) is 9.77. The number of anilines is 2. The van der Waals surface area contributed by atoms with Gasteiger partial charge in [-0.05, 0) is 30.7 Å². The second-order valence-corrected chi connectivity index (χ2v) is 5.17. The van der Waals surface area contributed by atoms with Gasteiger partial charge in [0.15, 0.2) is 0 Å². The minimum absolute atomic E-state index is 0.353. The van der Waals surface area contributed by atoms with E-state index >= 15 is 0 Å². The van der Waals surface area contributed by atoms with Crippen molar-refractivity contribution in [1.82, 2.24) is 4.98 Å². The number of rotatable bonds is 3. The van der Waals surface area contributed by atoms with Gasteiger partial charge in [0, 0.05) is 21.9 Å². The Bertz CT molecular complexity index is 599. The number of nitrogens with zero attached hydrogens (tertiary/aromatic N) is 1. The van der Waals surface area contributed by atoms with Crippen molar-refractivity contribution in [2.45, 2.75) is 6.92 Å². The predicted molar refractivity (Wildman–Crippen MR) is 82.3 cm³/mol. The summed E-state index contributed by atoms with van der Waals surface area (Å²) in [6.45, 7) is 2.04. The molecule has 5 heteroatoms. The molecule has 0 unspecified atom stereocenters. The van der Waals surface area contributed by atoms with Gasteiger partial charge in [0.2, 0.25) is 0 Å². The summed E-state index contributed by atoms with van der Waals surface area (Å²) in [5, 5.41) is 3.26. The number of aryl methyl sites for hydroxylation is 1. The standard InChI is InChI=1S/C13H12BrN3S/c1-8-2-3-9(6-11(8)14)17-12-7-16-5-4-10(12)13(15)18/h2-7,17H,1H3,(H2,15,18). The summed E-state index contributed by atoms with van der Waals surface area (Å²) < 4.78 is 1.05. The highest BCUT2D eigenvalue weighted by molar-refractivity contribution is 9.10. The van der Waals surface area contributed by atoms with Crippen LogP contribution in [0.15, 0.2) is 41.1 Å². The molecule has 0 spiro atoms. The molecule has 0 saturated carbocycles. The van der Waals surface area contributed by atoms with Crippen molar-refractivity contribution < 1.29 is 0 Å². The molecule has 2 aromatic rings. The van der Waals surface area contributed by atoms with Gasteiger partial charge in [-0.3, -0.25) is 4.98 Å². The van der Waals surface area contributed by atoms with Crippen LogP contribution in [0.4, 0.5) is 11.4 Å². The normalized spacial score (nSPS) is 10.1. The van der Waals surface area contributed by atoms with Crippen LogP contribution in [-0.4, -0.2) is 9.97 Å². The minimum atomic E-state index is 0.353. The first-order chi connectivity index (χ1) is 8.58. The van der Waals surface area contributed by atoms with E-state index in [2.05, 4.69) is 26.2 Å². The van der Waals surface area contributed by atoms with Crippen molar-refractivity contribution in [2.24, 2.45) is 5.73 Å². The molecular weight excluding hydrogens is 310 g/mol. The molecule has 1 aromatic heterocycles. The number of thiocarbonyl (C=S) groups is 1. The van der Waals surface area contributed by atoms with Gasteiger partial charge in [-0.25, -0.2) is 0 Å². The monoisotopic (exact) mass is 321 g/mol. The molecule has 3 nitrogen and oxygen atoms in total. The fourth-order valence-electron chi connectivity index (χ4n) is 1.54. The molecule has 1 aromatic carbocycles. The van der Waals surface area contributed by atoms with Crippen molar-refractivity contribution in [3.05, 3.63) is 52.3 Å². The molecular formula is C13H12BrN3S. The quantitative estimate of drug-likeness (QED) is 0.849. The van der Waals surface area contributed by atoms with Crippen LogP contribution in [0.5, 0.6) is 0 Å². The van der Waals surface area contributed by atoms with Crippen LogP contribution in [0.1, 0.15) is 11.1 Å². The average molecular weight is 322 g/mol. The molecule has 3 N–H and O–H groups in total. The van der Waals surface area contributed by atoms with E-state index in [9.17, 15) is 0 Å². The summed E-state index contributed by atoms with van der Waals surface area (Å²) in [4.78, 5) is 4.43. The highest BCUT2D eigenvalue weighted by Gasteiger charge is 2.05. The maximum absolute atomic E-state index is 5.68. The molecule has 92 valence electrons. The molecule has 0 amide bonds. The van der Waals surface area contributed by atoms with Crippen LogP contribution in [0, 0.1) is 6.92 Å². The molecule has 0 radical (unpaired) electrons. The molecule has 0 aliphatic rings. The average Bonchev–Trinajstić information content (AvgIpc) is 2.34. The first-order valence-corrected chi connectivity index (χ1v) is 6.55. The molecule has 0 aliphatic carbocycles. The summed E-state index contributed by atoms with van der Waals surface area (Å²) in [7, 11) is 0. The smallest absolute Gasteiger partial charge is 0.106 e. The van der Waals surface area contributed by atoms with Gasteiger partial charge in [-0.15, -0.1) is 0 Å². The highest BCUT2D eigenvalue weighted by atomic mass is 79.9. The Kier molecular flexibility index (Phi) is 3.93. The van der Waals surface area contributed by atoms with E-state index in [1.807, 2.05) is 25.1 Å². The van der Waals surface area contributed by atoms with E-state index < -0.39 is 0 Å². The van der Waals surface area contributed by atoms with Crippen molar-refractivity contribution in [2.75, 3.05) is 5.32 Å². The van der Waals surface area contributed by atoms with E-state index in [-0.39, 0.29) is 0 Å². The molecule has 0 saturated heterocycles. The van der Waals surface area contributed by atoms with E-state index in [0.717, 1.165) is 21.4 Å². The summed E-state index contributed by atoms with van der Waals surface area (Å²) in [6, 6.07) is 7.83. The number of nitrogens with one attached hydrogen (secondary N) is 1. The fraction of sp³-hybridized carbons (Fsp3) is 0.0769. The zero-order chi connectivity index (χ0) is 13.1. The molecule has 18 heavy (non-hydrogen) atoms. The molecule has 0 aliphatic heterocycles. The van der Waals surface area contributed by atoms with Gasteiger partial charge < -0.3 is 11.1 Å². The number of hydrogen-bond donors (Lipinski definition) is 2. The number of hydrogen-bond acceptors (Lipinski definition) is 3. The lowest BCUT2D eigenvalue weighted by molar-refractivity contribution is 1.31. The van der Waals surface area contributed by atoms with Crippen LogP contribution in [0.3, 0.4) is 0 Å².